The molecule has 8 heteroatoms. The van der Waals surface area contributed by atoms with Crippen molar-refractivity contribution in [1.82, 2.24) is 9.97 Å². The molecule has 0 bridgehead atoms. The van der Waals surface area contributed by atoms with Crippen LogP contribution in [-0.2, 0) is 12.7 Å². The lowest BCUT2D eigenvalue weighted by Crippen LogP contribution is -2.08. The summed E-state index contributed by atoms with van der Waals surface area (Å²) in [6.07, 6.45) is -3.38. The lowest BCUT2D eigenvalue weighted by atomic mass is 10.2. The Morgan fingerprint density at radius 2 is 2.00 bits per heavy atom. The van der Waals surface area contributed by atoms with Crippen molar-refractivity contribution in [2.24, 2.45) is 5.73 Å². The zero-order valence-electron chi connectivity index (χ0n) is 10.9. The number of nitrogens with zero attached hydrogens (tertiary/aromatic N) is 2. The molecule has 4 nitrogen and oxygen atoms in total. The Balaban J connectivity index is 2.30. The van der Waals surface area contributed by atoms with Crippen molar-refractivity contribution in [2.45, 2.75) is 19.6 Å². The van der Waals surface area contributed by atoms with Crippen LogP contribution in [0.25, 0.3) is 0 Å². The fourth-order valence-electron chi connectivity index (χ4n) is 1.61. The number of alkyl halides is 3. The van der Waals surface area contributed by atoms with Crippen molar-refractivity contribution in [3.05, 3.63) is 47.0 Å². The zero-order valence-corrected chi connectivity index (χ0v) is 10.9. The first-order valence-electron chi connectivity index (χ1n) is 5.88. The number of ether oxygens (including phenoxy) is 1. The van der Waals surface area contributed by atoms with Gasteiger partial charge in [0, 0.05) is 24.0 Å². The Morgan fingerprint density at radius 1 is 1.29 bits per heavy atom. The van der Waals surface area contributed by atoms with E-state index in [2.05, 4.69) is 9.97 Å². The molecule has 0 aliphatic carbocycles. The van der Waals surface area contributed by atoms with Crippen LogP contribution in [0.3, 0.4) is 0 Å². The van der Waals surface area contributed by atoms with Crippen LogP contribution in [0.2, 0.25) is 0 Å². The van der Waals surface area contributed by atoms with E-state index in [0.29, 0.717) is 23.4 Å². The molecule has 2 N–H and O–H groups in total. The van der Waals surface area contributed by atoms with Crippen LogP contribution < -0.4 is 10.5 Å². The molecular formula is C13H11F4N3O. The molecule has 0 fully saturated rings. The Labute approximate surface area is 117 Å². The Kier molecular flexibility index (Phi) is 4.08. The van der Waals surface area contributed by atoms with Crippen molar-refractivity contribution < 1.29 is 22.3 Å². The van der Waals surface area contributed by atoms with Crippen molar-refractivity contribution in [1.29, 1.82) is 0 Å². The summed E-state index contributed by atoms with van der Waals surface area (Å²) < 4.78 is 56.0. The van der Waals surface area contributed by atoms with Gasteiger partial charge in [-0.3, -0.25) is 0 Å². The second kappa shape index (κ2) is 5.65. The van der Waals surface area contributed by atoms with Gasteiger partial charge in [-0.2, -0.15) is 18.2 Å². The lowest BCUT2D eigenvalue weighted by molar-refractivity contribution is -0.140. The molecule has 1 aromatic heterocycles. The Morgan fingerprint density at radius 3 is 2.57 bits per heavy atom. The Hall–Kier alpha value is -2.22. The summed E-state index contributed by atoms with van der Waals surface area (Å²) in [5.74, 6) is -1.57. The van der Waals surface area contributed by atoms with Crippen molar-refractivity contribution >= 4 is 0 Å². The lowest BCUT2D eigenvalue weighted by Gasteiger charge is -2.10. The number of rotatable bonds is 3. The second-order valence-electron chi connectivity index (χ2n) is 4.21. The molecule has 1 heterocycles. The van der Waals surface area contributed by atoms with Crippen LogP contribution >= 0.6 is 0 Å². The zero-order chi connectivity index (χ0) is 15.6. The third-order valence-corrected chi connectivity index (χ3v) is 2.73. The van der Waals surface area contributed by atoms with Crippen LogP contribution in [0, 0.1) is 12.7 Å². The van der Waals surface area contributed by atoms with Gasteiger partial charge in [0.2, 0.25) is 0 Å². The van der Waals surface area contributed by atoms with Gasteiger partial charge in [0.25, 0.3) is 0 Å². The molecule has 0 atom stereocenters. The van der Waals surface area contributed by atoms with Crippen LogP contribution in [0.15, 0.2) is 24.4 Å². The van der Waals surface area contributed by atoms with Gasteiger partial charge < -0.3 is 10.5 Å². The first kappa shape index (κ1) is 15.2. The number of aryl methyl sites for hydroxylation is 1. The fraction of sp³-hybridized carbons (Fsp3) is 0.231. The van der Waals surface area contributed by atoms with Crippen LogP contribution in [-0.4, -0.2) is 9.97 Å². The van der Waals surface area contributed by atoms with Gasteiger partial charge in [0.05, 0.1) is 5.56 Å². The molecule has 2 rings (SSSR count). The summed E-state index contributed by atoms with van der Waals surface area (Å²) in [7, 11) is 0. The number of hydrogen-bond donors (Lipinski definition) is 1. The molecule has 1 aromatic carbocycles. The van der Waals surface area contributed by atoms with E-state index in [1.54, 1.807) is 6.92 Å². The van der Waals surface area contributed by atoms with E-state index in [4.69, 9.17) is 10.5 Å². The average molecular weight is 301 g/mol. The molecule has 2 aromatic rings. The molecule has 112 valence electrons. The summed E-state index contributed by atoms with van der Waals surface area (Å²) >= 11 is 0. The smallest absolute Gasteiger partial charge is 0.419 e. The molecule has 21 heavy (non-hydrogen) atoms. The van der Waals surface area contributed by atoms with Crippen molar-refractivity contribution in [3.8, 4) is 11.8 Å². The van der Waals surface area contributed by atoms with E-state index in [9.17, 15) is 17.6 Å². The normalized spacial score (nSPS) is 11.5. The highest BCUT2D eigenvalue weighted by atomic mass is 19.4. The van der Waals surface area contributed by atoms with Gasteiger partial charge in [-0.15, -0.1) is 0 Å². The van der Waals surface area contributed by atoms with Gasteiger partial charge in [0.15, 0.2) is 0 Å². The maximum Gasteiger partial charge on any atom is 0.419 e. The molecule has 0 aliphatic heterocycles. The predicted octanol–water partition coefficient (Wildman–Crippen LogP) is 3.19. The minimum atomic E-state index is -4.80. The topological polar surface area (TPSA) is 61.0 Å². The van der Waals surface area contributed by atoms with Crippen LogP contribution in [0.4, 0.5) is 17.6 Å². The van der Waals surface area contributed by atoms with Crippen molar-refractivity contribution in [3.63, 3.8) is 0 Å². The minimum Gasteiger partial charge on any atom is -0.424 e. The van der Waals surface area contributed by atoms with E-state index < -0.39 is 17.6 Å². The summed E-state index contributed by atoms with van der Waals surface area (Å²) in [5, 5.41) is 0. The third-order valence-electron chi connectivity index (χ3n) is 2.73. The predicted molar refractivity (Wildman–Crippen MR) is 66.1 cm³/mol. The molecule has 0 amide bonds. The quantitative estimate of drug-likeness (QED) is 0.884. The van der Waals surface area contributed by atoms with Gasteiger partial charge in [-0.05, 0) is 25.1 Å². The third kappa shape index (κ3) is 3.46. The van der Waals surface area contributed by atoms with E-state index in [1.807, 2.05) is 0 Å². The standard InChI is InChI=1S/C13H11F4N3O/c1-7-8(5-18)6-19-12(20-7)21-9-2-3-11(14)10(4-9)13(15,16)17/h2-4,6H,5,18H2,1H3. The monoisotopic (exact) mass is 301 g/mol. The van der Waals surface area contributed by atoms with Gasteiger partial charge in [0.1, 0.15) is 11.6 Å². The largest absolute Gasteiger partial charge is 0.424 e. The molecule has 0 aliphatic rings. The summed E-state index contributed by atoms with van der Waals surface area (Å²) in [4.78, 5) is 7.80. The average Bonchev–Trinajstić information content (AvgIpc) is 2.40. The maximum atomic E-state index is 13.1. The fourth-order valence-corrected chi connectivity index (χ4v) is 1.61. The van der Waals surface area contributed by atoms with E-state index in [1.165, 1.54) is 6.20 Å². The number of hydrogen-bond acceptors (Lipinski definition) is 4. The summed E-state index contributed by atoms with van der Waals surface area (Å²) in [6.45, 7) is 1.91. The maximum absolute atomic E-state index is 13.1. The summed E-state index contributed by atoms with van der Waals surface area (Å²) in [5.41, 5.74) is 5.29. The van der Waals surface area contributed by atoms with Crippen molar-refractivity contribution in [2.75, 3.05) is 0 Å². The highest BCUT2D eigenvalue weighted by Crippen LogP contribution is 2.34. The minimum absolute atomic E-state index is 0.135. The van der Waals surface area contributed by atoms with E-state index in [0.717, 1.165) is 6.07 Å². The van der Waals surface area contributed by atoms with Gasteiger partial charge in [-0.1, -0.05) is 0 Å². The Bertz CT molecular complexity index is 658. The van der Waals surface area contributed by atoms with Crippen LogP contribution in [0.5, 0.6) is 11.8 Å². The first-order chi connectivity index (χ1) is 9.81. The number of aromatic nitrogens is 2. The molecule has 0 saturated carbocycles. The van der Waals surface area contributed by atoms with Crippen LogP contribution in [0.1, 0.15) is 16.8 Å². The highest BCUT2D eigenvalue weighted by Gasteiger charge is 2.34. The summed E-state index contributed by atoms with van der Waals surface area (Å²) in [6, 6.07) is 2.17. The number of benzene rings is 1. The second-order valence-corrected chi connectivity index (χ2v) is 4.21. The van der Waals surface area contributed by atoms with Gasteiger partial charge >= 0.3 is 12.2 Å². The molecule has 0 radical (unpaired) electrons. The number of halogens is 4. The molecule has 0 spiro atoms. The molecule has 0 unspecified atom stereocenters. The highest BCUT2D eigenvalue weighted by molar-refractivity contribution is 5.33. The molecular weight excluding hydrogens is 290 g/mol. The number of nitrogens with two attached hydrogens (primary N) is 1. The first-order valence-corrected chi connectivity index (χ1v) is 5.88. The molecule has 0 saturated heterocycles. The SMILES string of the molecule is Cc1nc(Oc2ccc(F)c(C(F)(F)F)c2)ncc1CN. The van der Waals surface area contributed by atoms with Gasteiger partial charge in [-0.25, -0.2) is 9.37 Å². The van der Waals surface area contributed by atoms with E-state index >= 15 is 0 Å². The van der Waals surface area contributed by atoms with E-state index in [-0.39, 0.29) is 18.3 Å².